The third-order valence-corrected chi connectivity index (χ3v) is 4.95. The molecule has 1 aromatic carbocycles. The molecule has 0 atom stereocenters. The summed E-state index contributed by atoms with van der Waals surface area (Å²) in [6, 6.07) is 8.52. The van der Waals surface area contributed by atoms with Gasteiger partial charge in [-0.25, -0.2) is 4.31 Å². The van der Waals surface area contributed by atoms with E-state index in [2.05, 4.69) is 14.7 Å². The Morgan fingerprint density at radius 3 is 2.78 bits per heavy atom. The molecule has 2 heterocycles. The fourth-order valence-electron chi connectivity index (χ4n) is 2.70. The highest BCUT2D eigenvalue weighted by Gasteiger charge is 2.22. The minimum absolute atomic E-state index is 0.105. The topological polar surface area (TPSA) is 93.3 Å². The van der Waals surface area contributed by atoms with Crippen molar-refractivity contribution >= 4 is 23.5 Å². The van der Waals surface area contributed by atoms with Crippen LogP contribution in [0.4, 0.5) is 5.69 Å². The van der Waals surface area contributed by atoms with E-state index in [1.807, 2.05) is 25.5 Å². The second-order valence-corrected chi connectivity index (χ2v) is 6.78. The van der Waals surface area contributed by atoms with Gasteiger partial charge >= 0.3 is 0 Å². The number of aryl methyl sites for hydroxylation is 1. The maximum atomic E-state index is 12.0. The number of hydrogen-bond donors (Lipinski definition) is 1. The van der Waals surface area contributed by atoms with Crippen molar-refractivity contribution < 1.29 is 9.72 Å². The second-order valence-electron chi connectivity index (χ2n) is 5.64. The van der Waals surface area contributed by atoms with Crippen molar-refractivity contribution in [1.29, 1.82) is 0 Å². The minimum Gasteiger partial charge on any atom is -0.351 e. The number of fused-ring (bicyclic) bond motifs is 1. The number of nitrogens with zero attached hydrogens (tertiary/aromatic N) is 4. The lowest BCUT2D eigenvalue weighted by atomic mass is 10.3. The van der Waals surface area contributed by atoms with Crippen molar-refractivity contribution in [2.24, 2.45) is 0 Å². The van der Waals surface area contributed by atoms with Crippen LogP contribution in [-0.2, 0) is 13.1 Å². The van der Waals surface area contributed by atoms with Gasteiger partial charge in [-0.3, -0.25) is 19.6 Å². The van der Waals surface area contributed by atoms with Gasteiger partial charge in [0, 0.05) is 25.7 Å². The molecule has 1 amide bonds. The first kappa shape index (κ1) is 20.9. The molecule has 1 N–H and O–H groups in total. The number of nitro groups is 1. The SMILES string of the molecule is CC.CCNC(=O)c1cc2n(n1)CCCN(Sc1ccccc1[N+](=O)[O-])C2. The van der Waals surface area contributed by atoms with Gasteiger partial charge in [0.15, 0.2) is 0 Å². The van der Waals surface area contributed by atoms with Crippen LogP contribution in [0.2, 0.25) is 0 Å². The van der Waals surface area contributed by atoms with Gasteiger partial charge in [0.05, 0.1) is 17.2 Å². The number of rotatable bonds is 5. The summed E-state index contributed by atoms with van der Waals surface area (Å²) >= 11 is 1.37. The molecular weight excluding hydrogens is 366 g/mol. The summed E-state index contributed by atoms with van der Waals surface area (Å²) in [6.07, 6.45) is 0.858. The van der Waals surface area contributed by atoms with Crippen LogP contribution in [0.25, 0.3) is 0 Å². The maximum absolute atomic E-state index is 12.0. The molecule has 0 unspecified atom stereocenters. The normalized spacial score (nSPS) is 13.7. The lowest BCUT2D eigenvalue weighted by molar-refractivity contribution is -0.387. The summed E-state index contributed by atoms with van der Waals surface area (Å²) < 4.78 is 3.93. The van der Waals surface area contributed by atoms with Crippen molar-refractivity contribution in [3.63, 3.8) is 0 Å². The molecule has 1 aromatic heterocycles. The van der Waals surface area contributed by atoms with E-state index in [1.165, 1.54) is 18.0 Å². The molecule has 8 nitrogen and oxygen atoms in total. The standard InChI is InChI=1S/C16H19N5O3S.C2H6/c1-2-17-16(22)13-10-12-11-19(8-5-9-20(12)18-13)25-15-7-4-3-6-14(15)21(23)24;1-2/h3-4,6-7,10H,2,5,8-9,11H2,1H3,(H,17,22);1-2H3. The molecule has 0 fully saturated rings. The lowest BCUT2D eigenvalue weighted by Crippen LogP contribution is -2.23. The minimum atomic E-state index is -0.363. The molecule has 146 valence electrons. The Morgan fingerprint density at radius 1 is 1.33 bits per heavy atom. The van der Waals surface area contributed by atoms with Gasteiger partial charge in [-0.15, -0.1) is 0 Å². The Kier molecular flexibility index (Phi) is 7.81. The average Bonchev–Trinajstić information content (AvgIpc) is 2.97. The zero-order chi connectivity index (χ0) is 19.8. The van der Waals surface area contributed by atoms with Crippen molar-refractivity contribution in [2.45, 2.75) is 45.2 Å². The monoisotopic (exact) mass is 391 g/mol. The second kappa shape index (κ2) is 10.1. The van der Waals surface area contributed by atoms with E-state index in [0.29, 0.717) is 23.7 Å². The largest absolute Gasteiger partial charge is 0.351 e. The predicted molar refractivity (Wildman–Crippen MR) is 106 cm³/mol. The zero-order valence-corrected chi connectivity index (χ0v) is 16.7. The van der Waals surface area contributed by atoms with Crippen LogP contribution in [0.5, 0.6) is 0 Å². The van der Waals surface area contributed by atoms with Crippen LogP contribution < -0.4 is 5.32 Å². The van der Waals surface area contributed by atoms with E-state index in [9.17, 15) is 14.9 Å². The van der Waals surface area contributed by atoms with E-state index < -0.39 is 0 Å². The smallest absolute Gasteiger partial charge is 0.284 e. The first-order valence-corrected chi connectivity index (χ1v) is 9.87. The summed E-state index contributed by atoms with van der Waals surface area (Å²) in [6.45, 7) is 8.51. The Bertz CT molecular complexity index is 793. The van der Waals surface area contributed by atoms with E-state index >= 15 is 0 Å². The molecule has 0 saturated carbocycles. The summed E-state index contributed by atoms with van der Waals surface area (Å²) in [5.74, 6) is -0.180. The number of carbonyl (C=O) groups excluding carboxylic acids is 1. The van der Waals surface area contributed by atoms with Gasteiger partial charge in [0.25, 0.3) is 11.6 Å². The molecule has 0 spiro atoms. The number of carbonyl (C=O) groups is 1. The highest BCUT2D eigenvalue weighted by atomic mass is 32.2. The summed E-state index contributed by atoms with van der Waals surface area (Å²) in [5, 5.41) is 18.3. The molecule has 0 radical (unpaired) electrons. The number of para-hydroxylation sites is 1. The van der Waals surface area contributed by atoms with Gasteiger partial charge in [0.1, 0.15) is 10.6 Å². The molecule has 0 aliphatic carbocycles. The van der Waals surface area contributed by atoms with Crippen LogP contribution in [0.1, 0.15) is 43.4 Å². The van der Waals surface area contributed by atoms with Crippen LogP contribution in [0.3, 0.4) is 0 Å². The molecule has 1 aliphatic rings. The van der Waals surface area contributed by atoms with Gasteiger partial charge in [0.2, 0.25) is 0 Å². The summed E-state index contributed by atoms with van der Waals surface area (Å²) in [7, 11) is 0. The number of nitro benzene ring substituents is 1. The summed E-state index contributed by atoms with van der Waals surface area (Å²) in [5.41, 5.74) is 1.45. The van der Waals surface area contributed by atoms with Crippen LogP contribution in [0, 0.1) is 10.1 Å². The third kappa shape index (κ3) is 5.30. The Hall–Kier alpha value is -2.39. The Morgan fingerprint density at radius 2 is 2.07 bits per heavy atom. The van der Waals surface area contributed by atoms with Gasteiger partial charge < -0.3 is 5.32 Å². The lowest BCUT2D eigenvalue weighted by Gasteiger charge is -2.17. The molecule has 9 heteroatoms. The Balaban J connectivity index is 0.00000126. The average molecular weight is 391 g/mol. The van der Waals surface area contributed by atoms with Gasteiger partial charge in [-0.05, 0) is 37.4 Å². The highest BCUT2D eigenvalue weighted by Crippen LogP contribution is 2.33. The first-order valence-electron chi connectivity index (χ1n) is 9.09. The zero-order valence-electron chi connectivity index (χ0n) is 15.8. The Labute approximate surface area is 163 Å². The van der Waals surface area contributed by atoms with E-state index in [-0.39, 0.29) is 16.5 Å². The van der Waals surface area contributed by atoms with Gasteiger partial charge in [-0.2, -0.15) is 5.10 Å². The molecule has 0 bridgehead atoms. The van der Waals surface area contributed by atoms with Crippen molar-refractivity contribution in [1.82, 2.24) is 19.4 Å². The molecular formula is C18H25N5O3S. The van der Waals surface area contributed by atoms with Gasteiger partial charge in [-0.1, -0.05) is 26.0 Å². The number of hydrogen-bond acceptors (Lipinski definition) is 6. The summed E-state index contributed by atoms with van der Waals surface area (Å²) in [4.78, 5) is 23.4. The van der Waals surface area contributed by atoms with E-state index in [1.54, 1.807) is 24.3 Å². The van der Waals surface area contributed by atoms with E-state index in [4.69, 9.17) is 0 Å². The fourth-order valence-corrected chi connectivity index (χ4v) is 3.77. The quantitative estimate of drug-likeness (QED) is 0.476. The first-order chi connectivity index (χ1) is 13.1. The third-order valence-electron chi connectivity index (χ3n) is 3.84. The number of aromatic nitrogens is 2. The van der Waals surface area contributed by atoms with Crippen molar-refractivity contribution in [2.75, 3.05) is 13.1 Å². The molecule has 1 aliphatic heterocycles. The van der Waals surface area contributed by atoms with E-state index in [0.717, 1.165) is 25.2 Å². The fraction of sp³-hybridized carbons (Fsp3) is 0.444. The van der Waals surface area contributed by atoms with Crippen LogP contribution in [-0.4, -0.2) is 38.0 Å². The number of amides is 1. The molecule has 27 heavy (non-hydrogen) atoms. The van der Waals surface area contributed by atoms with Crippen LogP contribution >= 0.6 is 11.9 Å². The molecule has 0 saturated heterocycles. The molecule has 2 aromatic rings. The number of nitrogens with one attached hydrogen (secondary N) is 1. The van der Waals surface area contributed by atoms with Crippen molar-refractivity contribution in [3.8, 4) is 0 Å². The number of benzene rings is 1. The predicted octanol–water partition coefficient (Wildman–Crippen LogP) is 3.48. The maximum Gasteiger partial charge on any atom is 0.284 e. The molecule has 3 rings (SSSR count). The highest BCUT2D eigenvalue weighted by molar-refractivity contribution is 7.97. The van der Waals surface area contributed by atoms with Crippen molar-refractivity contribution in [3.05, 3.63) is 51.8 Å². The van der Waals surface area contributed by atoms with Crippen LogP contribution in [0.15, 0.2) is 35.2 Å².